The monoisotopic (exact) mass is 342 g/mol. The fourth-order valence-corrected chi connectivity index (χ4v) is 2.48. The molecule has 0 bridgehead atoms. The quantitative estimate of drug-likeness (QED) is 0.479. The van der Waals surface area contributed by atoms with Crippen molar-refractivity contribution in [2.24, 2.45) is 0 Å². The van der Waals surface area contributed by atoms with Gasteiger partial charge in [-0.2, -0.15) is 0 Å². The third-order valence-electron chi connectivity index (χ3n) is 3.26. The molecule has 0 aliphatic carbocycles. The lowest BCUT2D eigenvalue weighted by Crippen LogP contribution is -2.51. The first kappa shape index (κ1) is 14.9. The van der Waals surface area contributed by atoms with Gasteiger partial charge in [-0.05, 0) is 19.1 Å². The van der Waals surface area contributed by atoms with Gasteiger partial charge in [0.2, 0.25) is 0 Å². The summed E-state index contributed by atoms with van der Waals surface area (Å²) in [4.78, 5) is 24.3. The molecule has 2 rings (SSSR count). The van der Waals surface area contributed by atoms with Crippen molar-refractivity contribution in [2.45, 2.75) is 19.1 Å². The summed E-state index contributed by atoms with van der Waals surface area (Å²) in [6.07, 6.45) is -0.0202. The van der Waals surface area contributed by atoms with E-state index < -0.39 is 4.92 Å². The fraction of sp³-hybridized carbons (Fsp3) is 0.462. The minimum atomic E-state index is -0.480. The molecule has 1 heterocycles. The third-order valence-corrected chi connectivity index (χ3v) is 3.99. The molecular weight excluding hydrogens is 328 g/mol. The minimum Gasteiger partial charge on any atom is -0.373 e. The van der Waals surface area contributed by atoms with E-state index in [1.807, 2.05) is 6.92 Å². The van der Waals surface area contributed by atoms with Crippen LogP contribution in [0.2, 0.25) is 0 Å². The number of carbonyl (C=O) groups is 1. The molecule has 0 saturated carbocycles. The van der Waals surface area contributed by atoms with Gasteiger partial charge < -0.3 is 9.64 Å². The Bertz CT molecular complexity index is 506. The molecule has 0 N–H and O–H groups in total. The molecule has 7 heteroatoms. The number of halogens is 1. The Labute approximate surface area is 125 Å². The Morgan fingerprint density at radius 2 is 2.15 bits per heavy atom. The summed E-state index contributed by atoms with van der Waals surface area (Å²) in [5.74, 6) is -0.123. The van der Waals surface area contributed by atoms with Crippen molar-refractivity contribution >= 4 is 27.5 Å². The zero-order valence-corrected chi connectivity index (χ0v) is 12.6. The Kier molecular flexibility index (Phi) is 4.72. The van der Waals surface area contributed by atoms with Gasteiger partial charge in [0.15, 0.2) is 0 Å². The van der Waals surface area contributed by atoms with Gasteiger partial charge in [0.25, 0.3) is 11.6 Å². The molecule has 6 nitrogen and oxygen atoms in total. The number of hydrogen-bond acceptors (Lipinski definition) is 4. The highest BCUT2D eigenvalue weighted by Gasteiger charge is 2.29. The molecule has 1 saturated heterocycles. The summed E-state index contributed by atoms with van der Waals surface area (Å²) in [5.41, 5.74) is 0.438. The maximum atomic E-state index is 12.4. The summed E-state index contributed by atoms with van der Waals surface area (Å²) >= 11 is 3.35. The predicted molar refractivity (Wildman–Crippen MR) is 77.1 cm³/mol. The van der Waals surface area contributed by atoms with E-state index in [1.165, 1.54) is 24.3 Å². The molecule has 20 heavy (non-hydrogen) atoms. The SMILES string of the molecule is CC1COC(CBr)CN1C(=O)c1ccc([N+](=O)[O-])cc1. The van der Waals surface area contributed by atoms with E-state index in [9.17, 15) is 14.9 Å². The number of non-ortho nitro benzene ring substituents is 1. The van der Waals surface area contributed by atoms with E-state index in [4.69, 9.17) is 4.74 Å². The number of ether oxygens (including phenoxy) is 1. The minimum absolute atomic E-state index is 0.00649. The number of nitro groups is 1. The van der Waals surface area contributed by atoms with Crippen molar-refractivity contribution in [3.63, 3.8) is 0 Å². The predicted octanol–water partition coefficient (Wildman–Crippen LogP) is 2.22. The first-order chi connectivity index (χ1) is 9.52. The first-order valence-corrected chi connectivity index (χ1v) is 7.38. The summed E-state index contributed by atoms with van der Waals surface area (Å²) in [6.45, 7) is 2.94. The lowest BCUT2D eigenvalue weighted by atomic mass is 10.1. The smallest absolute Gasteiger partial charge is 0.269 e. The van der Waals surface area contributed by atoms with Crippen molar-refractivity contribution in [3.05, 3.63) is 39.9 Å². The molecular formula is C13H15BrN2O4. The van der Waals surface area contributed by atoms with Crippen molar-refractivity contribution in [3.8, 4) is 0 Å². The Balaban J connectivity index is 2.15. The van der Waals surface area contributed by atoms with Crippen LogP contribution in [0.5, 0.6) is 0 Å². The highest BCUT2D eigenvalue weighted by atomic mass is 79.9. The van der Waals surface area contributed by atoms with Gasteiger partial charge in [-0.25, -0.2) is 0 Å². The maximum Gasteiger partial charge on any atom is 0.269 e. The number of carbonyl (C=O) groups excluding carboxylic acids is 1. The van der Waals surface area contributed by atoms with E-state index >= 15 is 0 Å². The number of morpholine rings is 1. The van der Waals surface area contributed by atoms with Crippen LogP contribution in [0, 0.1) is 10.1 Å². The maximum absolute atomic E-state index is 12.4. The van der Waals surface area contributed by atoms with Gasteiger partial charge in [0, 0.05) is 29.6 Å². The first-order valence-electron chi connectivity index (χ1n) is 6.26. The Morgan fingerprint density at radius 3 is 2.70 bits per heavy atom. The fourth-order valence-electron chi connectivity index (χ4n) is 2.09. The van der Waals surface area contributed by atoms with Crippen LogP contribution in [0.25, 0.3) is 0 Å². The number of hydrogen-bond donors (Lipinski definition) is 0. The molecule has 0 aromatic heterocycles. The number of nitrogens with zero attached hydrogens (tertiary/aromatic N) is 2. The zero-order chi connectivity index (χ0) is 14.7. The van der Waals surface area contributed by atoms with Crippen molar-refractivity contribution in [1.82, 2.24) is 4.90 Å². The average Bonchev–Trinajstić information content (AvgIpc) is 2.47. The summed E-state index contributed by atoms with van der Waals surface area (Å²) in [6, 6.07) is 5.67. The zero-order valence-electron chi connectivity index (χ0n) is 11.0. The summed E-state index contributed by atoms with van der Waals surface area (Å²) < 4.78 is 5.58. The molecule has 1 amide bonds. The van der Waals surface area contributed by atoms with Crippen LogP contribution < -0.4 is 0 Å². The molecule has 1 aromatic rings. The highest BCUT2D eigenvalue weighted by Crippen LogP contribution is 2.18. The second-order valence-electron chi connectivity index (χ2n) is 4.72. The topological polar surface area (TPSA) is 72.7 Å². The molecule has 1 aliphatic heterocycles. The van der Waals surface area contributed by atoms with E-state index in [1.54, 1.807) is 4.90 Å². The Hall–Kier alpha value is -1.47. The van der Waals surface area contributed by atoms with Gasteiger partial charge >= 0.3 is 0 Å². The van der Waals surface area contributed by atoms with Crippen molar-refractivity contribution < 1.29 is 14.5 Å². The highest BCUT2D eigenvalue weighted by molar-refractivity contribution is 9.09. The second kappa shape index (κ2) is 6.32. The van der Waals surface area contributed by atoms with Crippen LogP contribution in [-0.4, -0.2) is 46.4 Å². The van der Waals surface area contributed by atoms with Crippen LogP contribution in [0.1, 0.15) is 17.3 Å². The summed E-state index contributed by atoms with van der Waals surface area (Å²) in [7, 11) is 0. The molecule has 0 spiro atoms. The lowest BCUT2D eigenvalue weighted by Gasteiger charge is -2.37. The van der Waals surface area contributed by atoms with Gasteiger partial charge in [0.05, 0.1) is 23.7 Å². The van der Waals surface area contributed by atoms with Crippen LogP contribution >= 0.6 is 15.9 Å². The molecule has 0 radical (unpaired) electrons. The van der Waals surface area contributed by atoms with E-state index in [2.05, 4.69) is 15.9 Å². The number of rotatable bonds is 3. The standard InChI is InChI=1S/C13H15BrN2O4/c1-9-8-20-12(6-14)7-15(9)13(17)10-2-4-11(5-3-10)16(18)19/h2-5,9,12H,6-8H2,1H3. The number of amides is 1. The molecule has 2 atom stereocenters. The largest absolute Gasteiger partial charge is 0.373 e. The third kappa shape index (κ3) is 3.16. The van der Waals surface area contributed by atoms with Crippen LogP contribution in [0.15, 0.2) is 24.3 Å². The van der Waals surface area contributed by atoms with Gasteiger partial charge in [-0.1, -0.05) is 15.9 Å². The Morgan fingerprint density at radius 1 is 1.50 bits per heavy atom. The van der Waals surface area contributed by atoms with Crippen LogP contribution in [-0.2, 0) is 4.74 Å². The van der Waals surface area contributed by atoms with E-state index in [-0.39, 0.29) is 23.7 Å². The second-order valence-corrected chi connectivity index (χ2v) is 5.37. The molecule has 1 fully saturated rings. The average molecular weight is 343 g/mol. The van der Waals surface area contributed by atoms with Crippen LogP contribution in [0.4, 0.5) is 5.69 Å². The molecule has 2 unspecified atom stereocenters. The lowest BCUT2D eigenvalue weighted by molar-refractivity contribution is -0.384. The van der Waals surface area contributed by atoms with Crippen LogP contribution in [0.3, 0.4) is 0 Å². The van der Waals surface area contributed by atoms with Gasteiger partial charge in [0.1, 0.15) is 0 Å². The van der Waals surface area contributed by atoms with Crippen molar-refractivity contribution in [2.75, 3.05) is 18.5 Å². The number of alkyl halides is 1. The van der Waals surface area contributed by atoms with E-state index in [0.717, 1.165) is 0 Å². The van der Waals surface area contributed by atoms with Gasteiger partial charge in [-0.3, -0.25) is 14.9 Å². The number of nitro benzene ring substituents is 1. The molecule has 108 valence electrons. The molecule has 1 aliphatic rings. The van der Waals surface area contributed by atoms with Gasteiger partial charge in [-0.15, -0.1) is 0 Å². The van der Waals surface area contributed by atoms with E-state index in [0.29, 0.717) is 24.0 Å². The van der Waals surface area contributed by atoms with Crippen molar-refractivity contribution in [1.29, 1.82) is 0 Å². The normalized spacial score (nSPS) is 22.6. The number of benzene rings is 1. The molecule has 1 aromatic carbocycles. The summed E-state index contributed by atoms with van der Waals surface area (Å²) in [5, 5.41) is 11.3.